The van der Waals surface area contributed by atoms with Crippen LogP contribution in [-0.2, 0) is 6.18 Å². The summed E-state index contributed by atoms with van der Waals surface area (Å²) >= 11 is 5.97. The lowest BCUT2D eigenvalue weighted by atomic mass is 9.90. The van der Waals surface area contributed by atoms with Gasteiger partial charge in [-0.05, 0) is 59.7 Å². The van der Waals surface area contributed by atoms with Gasteiger partial charge in [0.1, 0.15) is 5.82 Å². The molecule has 0 aliphatic carbocycles. The summed E-state index contributed by atoms with van der Waals surface area (Å²) in [5, 5.41) is 8.75. The smallest absolute Gasteiger partial charge is 0.306 e. The van der Waals surface area contributed by atoms with Crippen LogP contribution in [0.15, 0.2) is 77.9 Å². The van der Waals surface area contributed by atoms with E-state index in [0.29, 0.717) is 10.7 Å². The maximum absolute atomic E-state index is 13.4. The van der Waals surface area contributed by atoms with Gasteiger partial charge in [0.05, 0.1) is 17.8 Å². The van der Waals surface area contributed by atoms with Crippen LogP contribution in [0.4, 0.5) is 28.0 Å². The molecule has 0 bridgehead atoms. The number of nitrogens with one attached hydrogen (secondary N) is 1. The van der Waals surface area contributed by atoms with E-state index in [4.69, 9.17) is 11.6 Å². The van der Waals surface area contributed by atoms with Crippen LogP contribution in [-0.4, -0.2) is 23.3 Å². The Morgan fingerprint density at radius 3 is 2.19 bits per heavy atom. The topological polar surface area (TPSA) is 44.7 Å². The molecule has 0 spiro atoms. The first kappa shape index (κ1) is 21.8. The Morgan fingerprint density at radius 2 is 1.59 bits per heavy atom. The number of nitrogens with zero attached hydrogens (tertiary/aromatic N) is 2. The van der Waals surface area contributed by atoms with Crippen LogP contribution in [0.1, 0.15) is 22.6 Å². The van der Waals surface area contributed by atoms with Gasteiger partial charge in [0.15, 0.2) is 0 Å². The Hall–Kier alpha value is -3.39. The van der Waals surface area contributed by atoms with Gasteiger partial charge in [-0.25, -0.2) is 14.2 Å². The molecule has 1 atom stereocenters. The van der Waals surface area contributed by atoms with Crippen LogP contribution < -0.4 is 5.32 Å². The number of carbonyl (C=O) groups excluding carboxylic acids is 1. The molecule has 164 valence electrons. The number of hydrogen-bond donors (Lipinski definition) is 1. The van der Waals surface area contributed by atoms with Crippen molar-refractivity contribution in [3.8, 4) is 0 Å². The van der Waals surface area contributed by atoms with Gasteiger partial charge in [0.2, 0.25) is 0 Å². The molecule has 4 rings (SSSR count). The second-order valence-corrected chi connectivity index (χ2v) is 7.62. The fourth-order valence-corrected chi connectivity index (χ4v) is 3.52. The SMILES string of the molecule is O=C(Nc1ccc(C(F)(F)F)cc1)N1CC(c2ccc(F)cc2)C(c2ccc(Cl)cc2)=N1. The van der Waals surface area contributed by atoms with Crippen LogP contribution in [0.25, 0.3) is 0 Å². The average Bonchev–Trinajstić information content (AvgIpc) is 3.20. The van der Waals surface area contributed by atoms with E-state index < -0.39 is 17.8 Å². The summed E-state index contributed by atoms with van der Waals surface area (Å²) < 4.78 is 51.6. The first-order chi connectivity index (χ1) is 15.2. The molecule has 32 heavy (non-hydrogen) atoms. The van der Waals surface area contributed by atoms with Crippen molar-refractivity contribution >= 4 is 29.0 Å². The monoisotopic (exact) mass is 461 g/mol. The molecule has 9 heteroatoms. The third-order valence-electron chi connectivity index (χ3n) is 5.02. The highest BCUT2D eigenvalue weighted by molar-refractivity contribution is 6.30. The largest absolute Gasteiger partial charge is 0.416 e. The number of halogens is 5. The first-order valence-corrected chi connectivity index (χ1v) is 9.94. The molecule has 1 heterocycles. The van der Waals surface area contributed by atoms with E-state index in [9.17, 15) is 22.4 Å². The summed E-state index contributed by atoms with van der Waals surface area (Å²) in [6.45, 7) is 0.177. The van der Waals surface area contributed by atoms with Gasteiger partial charge in [0.25, 0.3) is 0 Å². The summed E-state index contributed by atoms with van der Waals surface area (Å²) in [5.74, 6) is -0.705. The van der Waals surface area contributed by atoms with Crippen molar-refractivity contribution in [1.29, 1.82) is 0 Å². The molecule has 1 unspecified atom stereocenters. The molecule has 0 saturated heterocycles. The lowest BCUT2D eigenvalue weighted by Crippen LogP contribution is -2.30. The fourth-order valence-electron chi connectivity index (χ4n) is 3.40. The zero-order valence-electron chi connectivity index (χ0n) is 16.4. The van der Waals surface area contributed by atoms with Crippen LogP contribution >= 0.6 is 11.6 Å². The van der Waals surface area contributed by atoms with Gasteiger partial charge in [-0.2, -0.15) is 18.3 Å². The van der Waals surface area contributed by atoms with Crippen molar-refractivity contribution in [3.63, 3.8) is 0 Å². The van der Waals surface area contributed by atoms with Crippen molar-refractivity contribution < 1.29 is 22.4 Å². The minimum atomic E-state index is -4.46. The minimum Gasteiger partial charge on any atom is -0.306 e. The quantitative estimate of drug-likeness (QED) is 0.442. The highest BCUT2D eigenvalue weighted by atomic mass is 35.5. The predicted molar refractivity (Wildman–Crippen MR) is 114 cm³/mol. The molecule has 0 saturated carbocycles. The summed E-state index contributed by atoms with van der Waals surface area (Å²) in [4.78, 5) is 12.8. The van der Waals surface area contributed by atoms with E-state index in [-0.39, 0.29) is 24.0 Å². The zero-order chi connectivity index (χ0) is 22.9. The van der Waals surface area contributed by atoms with Crippen molar-refractivity contribution in [1.82, 2.24) is 5.01 Å². The lowest BCUT2D eigenvalue weighted by molar-refractivity contribution is -0.137. The van der Waals surface area contributed by atoms with E-state index >= 15 is 0 Å². The Kier molecular flexibility index (Phi) is 5.88. The average molecular weight is 462 g/mol. The summed E-state index contributed by atoms with van der Waals surface area (Å²) in [6.07, 6.45) is -4.46. The molecule has 2 amide bonds. The maximum Gasteiger partial charge on any atom is 0.416 e. The van der Waals surface area contributed by atoms with Crippen molar-refractivity contribution in [2.75, 3.05) is 11.9 Å². The van der Waals surface area contributed by atoms with E-state index in [1.807, 2.05) is 0 Å². The second kappa shape index (κ2) is 8.63. The highest BCUT2D eigenvalue weighted by Gasteiger charge is 2.33. The Balaban J connectivity index is 1.58. The number of benzene rings is 3. The van der Waals surface area contributed by atoms with Gasteiger partial charge < -0.3 is 5.32 Å². The molecule has 3 aromatic rings. The summed E-state index contributed by atoms with van der Waals surface area (Å²) in [5.41, 5.74) is 1.50. The fraction of sp³-hybridized carbons (Fsp3) is 0.130. The Bertz CT molecular complexity index is 1140. The highest BCUT2D eigenvalue weighted by Crippen LogP contribution is 2.31. The number of carbonyl (C=O) groups is 1. The Labute approximate surface area is 186 Å². The molecular weight excluding hydrogens is 446 g/mol. The van der Waals surface area contributed by atoms with Crippen LogP contribution in [0, 0.1) is 5.82 Å². The summed E-state index contributed by atoms with van der Waals surface area (Å²) in [7, 11) is 0. The number of urea groups is 1. The van der Waals surface area contributed by atoms with Crippen LogP contribution in [0.5, 0.6) is 0 Å². The Morgan fingerprint density at radius 1 is 0.969 bits per heavy atom. The standard InChI is InChI=1S/C23H16ClF4N3O/c24-17-7-1-15(2-8-17)21-20(14-3-9-18(25)10-4-14)13-31(30-21)22(32)29-19-11-5-16(6-12-19)23(26,27)28/h1-12,20H,13H2,(H,29,32). The van der Waals surface area contributed by atoms with Crippen LogP contribution in [0.3, 0.4) is 0 Å². The zero-order valence-corrected chi connectivity index (χ0v) is 17.2. The van der Waals surface area contributed by atoms with Crippen molar-refractivity contribution in [2.45, 2.75) is 12.1 Å². The predicted octanol–water partition coefficient (Wildman–Crippen LogP) is 6.53. The molecular formula is C23H16ClF4N3O. The van der Waals surface area contributed by atoms with Crippen molar-refractivity contribution in [2.24, 2.45) is 5.10 Å². The van der Waals surface area contributed by atoms with E-state index in [1.165, 1.54) is 29.3 Å². The van der Waals surface area contributed by atoms with Crippen LogP contribution in [0.2, 0.25) is 5.02 Å². The molecule has 1 aliphatic heterocycles. The normalized spacial score (nSPS) is 16.1. The van der Waals surface area contributed by atoms with E-state index in [0.717, 1.165) is 23.3 Å². The third-order valence-corrected chi connectivity index (χ3v) is 5.28. The van der Waals surface area contributed by atoms with Gasteiger partial charge in [-0.15, -0.1) is 0 Å². The van der Waals surface area contributed by atoms with E-state index in [1.54, 1.807) is 36.4 Å². The molecule has 1 N–H and O–H groups in total. The van der Waals surface area contributed by atoms with Gasteiger partial charge >= 0.3 is 12.2 Å². The number of anilines is 1. The molecule has 0 radical (unpaired) electrons. The molecule has 1 aliphatic rings. The summed E-state index contributed by atoms with van der Waals surface area (Å²) in [6, 6.07) is 16.4. The minimum absolute atomic E-state index is 0.177. The molecule has 0 aromatic heterocycles. The van der Waals surface area contributed by atoms with Gasteiger partial charge in [-0.3, -0.25) is 0 Å². The van der Waals surface area contributed by atoms with Gasteiger partial charge in [-0.1, -0.05) is 35.9 Å². The number of hydrazone groups is 1. The lowest BCUT2D eigenvalue weighted by Gasteiger charge is -2.16. The van der Waals surface area contributed by atoms with E-state index in [2.05, 4.69) is 10.4 Å². The first-order valence-electron chi connectivity index (χ1n) is 9.56. The number of amides is 2. The molecule has 3 aromatic carbocycles. The maximum atomic E-state index is 13.4. The molecule has 0 fully saturated rings. The van der Waals surface area contributed by atoms with Crippen molar-refractivity contribution in [3.05, 3.63) is 100 Å². The van der Waals surface area contributed by atoms with Gasteiger partial charge in [0, 0.05) is 16.6 Å². The second-order valence-electron chi connectivity index (χ2n) is 7.18. The third kappa shape index (κ3) is 4.75. The molecule has 4 nitrogen and oxygen atoms in total. The number of rotatable bonds is 3. The number of hydrogen-bond acceptors (Lipinski definition) is 2. The number of alkyl halides is 3.